The summed E-state index contributed by atoms with van der Waals surface area (Å²) in [6.45, 7) is 6.18. The highest BCUT2D eigenvalue weighted by atomic mass is 16.6. The van der Waals surface area contributed by atoms with Crippen molar-refractivity contribution in [3.63, 3.8) is 0 Å². The van der Waals surface area contributed by atoms with Gasteiger partial charge in [0.25, 0.3) is 0 Å². The van der Waals surface area contributed by atoms with E-state index in [0.717, 1.165) is 44.0 Å². The number of carbonyl (C=O) groups excluding carboxylic acids is 1. The van der Waals surface area contributed by atoms with Gasteiger partial charge in [0.2, 0.25) is 0 Å². The number of carbonyl (C=O) groups is 1. The second-order valence-electron chi connectivity index (χ2n) is 7.35. The van der Waals surface area contributed by atoms with E-state index < -0.39 is 0 Å². The third kappa shape index (κ3) is 5.03. The Hall–Kier alpha value is -2.57. The maximum atomic E-state index is 12.3. The molecule has 6 heteroatoms. The zero-order valence-corrected chi connectivity index (χ0v) is 16.0. The standard InChI is InChI=1S/C22H27N3O3/c26-22(27-17-19-4-2-1-3-5-19)25-12-10-24(11-13-25)16-18-6-8-20(9-7-18)28-21-14-23-15-21/h1-9,21,23H,10-17H2. The summed E-state index contributed by atoms with van der Waals surface area (Å²) in [6, 6.07) is 18.1. The molecule has 0 radical (unpaired) electrons. The highest BCUT2D eigenvalue weighted by Gasteiger charge is 2.22. The summed E-state index contributed by atoms with van der Waals surface area (Å²) in [5.41, 5.74) is 2.27. The summed E-state index contributed by atoms with van der Waals surface area (Å²) in [5.74, 6) is 0.932. The van der Waals surface area contributed by atoms with Crippen LogP contribution in [0.5, 0.6) is 5.75 Å². The molecule has 6 nitrogen and oxygen atoms in total. The summed E-state index contributed by atoms with van der Waals surface area (Å²) in [7, 11) is 0. The molecule has 2 heterocycles. The molecule has 28 heavy (non-hydrogen) atoms. The first kappa shape index (κ1) is 18.8. The van der Waals surface area contributed by atoms with Crippen molar-refractivity contribution in [2.75, 3.05) is 39.3 Å². The smallest absolute Gasteiger partial charge is 0.410 e. The van der Waals surface area contributed by atoms with Gasteiger partial charge in [-0.15, -0.1) is 0 Å². The van der Waals surface area contributed by atoms with Gasteiger partial charge in [-0.05, 0) is 23.3 Å². The Balaban J connectivity index is 1.19. The number of piperazine rings is 1. The summed E-state index contributed by atoms with van der Waals surface area (Å²) in [6.07, 6.45) is 0.0797. The van der Waals surface area contributed by atoms with E-state index >= 15 is 0 Å². The summed E-state index contributed by atoms with van der Waals surface area (Å²) in [4.78, 5) is 16.4. The van der Waals surface area contributed by atoms with Crippen molar-refractivity contribution < 1.29 is 14.3 Å². The van der Waals surface area contributed by atoms with E-state index in [2.05, 4.69) is 22.3 Å². The molecule has 2 aliphatic heterocycles. The minimum absolute atomic E-state index is 0.226. The molecule has 0 aliphatic carbocycles. The zero-order valence-electron chi connectivity index (χ0n) is 16.0. The average Bonchev–Trinajstić information content (AvgIpc) is 2.71. The fraction of sp³-hybridized carbons (Fsp3) is 0.409. The number of hydrogen-bond acceptors (Lipinski definition) is 5. The first-order valence-electron chi connectivity index (χ1n) is 9.90. The summed E-state index contributed by atoms with van der Waals surface area (Å²) < 4.78 is 11.3. The summed E-state index contributed by atoms with van der Waals surface area (Å²) in [5, 5.41) is 3.21. The molecular formula is C22H27N3O3. The Kier molecular flexibility index (Phi) is 6.09. The van der Waals surface area contributed by atoms with Crippen LogP contribution in [-0.2, 0) is 17.9 Å². The molecule has 0 spiro atoms. The third-order valence-electron chi connectivity index (χ3n) is 5.21. The van der Waals surface area contributed by atoms with Gasteiger partial charge in [0.15, 0.2) is 0 Å². The summed E-state index contributed by atoms with van der Waals surface area (Å²) >= 11 is 0. The van der Waals surface area contributed by atoms with Crippen LogP contribution < -0.4 is 10.1 Å². The monoisotopic (exact) mass is 381 g/mol. The van der Waals surface area contributed by atoms with Crippen molar-refractivity contribution in [1.82, 2.24) is 15.1 Å². The quantitative estimate of drug-likeness (QED) is 0.833. The van der Waals surface area contributed by atoms with Gasteiger partial charge in [-0.3, -0.25) is 4.90 Å². The Labute approximate surface area is 166 Å². The topological polar surface area (TPSA) is 54.0 Å². The highest BCUT2D eigenvalue weighted by Crippen LogP contribution is 2.17. The van der Waals surface area contributed by atoms with Crippen LogP contribution in [0.25, 0.3) is 0 Å². The number of nitrogens with zero attached hydrogens (tertiary/aromatic N) is 2. The van der Waals surface area contributed by atoms with Gasteiger partial charge in [-0.2, -0.15) is 0 Å². The molecule has 0 bridgehead atoms. The number of amides is 1. The van der Waals surface area contributed by atoms with Gasteiger partial charge in [0, 0.05) is 45.8 Å². The average molecular weight is 381 g/mol. The van der Waals surface area contributed by atoms with E-state index in [1.807, 2.05) is 42.5 Å². The lowest BCUT2D eigenvalue weighted by atomic mass is 10.2. The minimum Gasteiger partial charge on any atom is -0.488 e. The molecule has 2 aromatic carbocycles. The molecule has 2 aliphatic rings. The molecule has 1 N–H and O–H groups in total. The van der Waals surface area contributed by atoms with E-state index in [1.165, 1.54) is 5.56 Å². The van der Waals surface area contributed by atoms with E-state index in [4.69, 9.17) is 9.47 Å². The molecule has 1 amide bonds. The molecule has 0 aromatic heterocycles. The van der Waals surface area contributed by atoms with Crippen molar-refractivity contribution >= 4 is 6.09 Å². The lowest BCUT2D eigenvalue weighted by Gasteiger charge is -2.34. The fourth-order valence-electron chi connectivity index (χ4n) is 3.37. The lowest BCUT2D eigenvalue weighted by Crippen LogP contribution is -2.50. The van der Waals surface area contributed by atoms with Crippen LogP contribution >= 0.6 is 0 Å². The molecule has 0 atom stereocenters. The van der Waals surface area contributed by atoms with Gasteiger partial charge in [0.05, 0.1) is 0 Å². The van der Waals surface area contributed by atoms with Crippen molar-refractivity contribution in [2.24, 2.45) is 0 Å². The van der Waals surface area contributed by atoms with E-state index in [0.29, 0.717) is 25.8 Å². The van der Waals surface area contributed by atoms with E-state index in [-0.39, 0.29) is 6.09 Å². The van der Waals surface area contributed by atoms with Crippen LogP contribution in [0.2, 0.25) is 0 Å². The number of nitrogens with one attached hydrogen (secondary N) is 1. The Morgan fingerprint density at radius 1 is 0.929 bits per heavy atom. The largest absolute Gasteiger partial charge is 0.488 e. The molecule has 2 saturated heterocycles. The Morgan fingerprint density at radius 2 is 1.64 bits per heavy atom. The fourth-order valence-corrected chi connectivity index (χ4v) is 3.37. The first-order chi connectivity index (χ1) is 13.8. The predicted octanol–water partition coefficient (Wildman–Crippen LogP) is 2.49. The Morgan fingerprint density at radius 3 is 2.29 bits per heavy atom. The number of rotatable bonds is 6. The highest BCUT2D eigenvalue weighted by molar-refractivity contribution is 5.67. The number of hydrogen-bond donors (Lipinski definition) is 1. The maximum absolute atomic E-state index is 12.3. The second-order valence-corrected chi connectivity index (χ2v) is 7.35. The van der Waals surface area contributed by atoms with Gasteiger partial charge < -0.3 is 19.7 Å². The van der Waals surface area contributed by atoms with E-state index in [1.54, 1.807) is 4.90 Å². The van der Waals surface area contributed by atoms with E-state index in [9.17, 15) is 4.79 Å². The normalized spacial score (nSPS) is 17.8. The van der Waals surface area contributed by atoms with Gasteiger partial charge >= 0.3 is 6.09 Å². The Bertz CT molecular complexity index is 754. The van der Waals surface area contributed by atoms with Crippen LogP contribution in [0.4, 0.5) is 4.79 Å². The maximum Gasteiger partial charge on any atom is 0.410 e. The second kappa shape index (κ2) is 9.08. The zero-order chi connectivity index (χ0) is 19.2. The van der Waals surface area contributed by atoms with Gasteiger partial charge in [-0.1, -0.05) is 42.5 Å². The minimum atomic E-state index is -0.226. The predicted molar refractivity (Wildman–Crippen MR) is 107 cm³/mol. The van der Waals surface area contributed by atoms with Crippen LogP contribution in [0.3, 0.4) is 0 Å². The number of ether oxygens (including phenoxy) is 2. The molecular weight excluding hydrogens is 354 g/mol. The molecule has 2 aromatic rings. The van der Waals surface area contributed by atoms with Crippen LogP contribution in [-0.4, -0.2) is 61.3 Å². The SMILES string of the molecule is O=C(OCc1ccccc1)N1CCN(Cc2ccc(OC3CNC3)cc2)CC1. The molecule has 0 unspecified atom stereocenters. The van der Waals surface area contributed by atoms with Crippen molar-refractivity contribution in [3.05, 3.63) is 65.7 Å². The van der Waals surface area contributed by atoms with Crippen molar-refractivity contribution in [1.29, 1.82) is 0 Å². The molecule has 0 saturated carbocycles. The van der Waals surface area contributed by atoms with Crippen LogP contribution in [0, 0.1) is 0 Å². The van der Waals surface area contributed by atoms with Crippen LogP contribution in [0.15, 0.2) is 54.6 Å². The van der Waals surface area contributed by atoms with Gasteiger partial charge in [-0.25, -0.2) is 4.79 Å². The molecule has 2 fully saturated rings. The van der Waals surface area contributed by atoms with Crippen molar-refractivity contribution in [2.45, 2.75) is 19.3 Å². The van der Waals surface area contributed by atoms with Crippen LogP contribution in [0.1, 0.15) is 11.1 Å². The molecule has 148 valence electrons. The third-order valence-corrected chi connectivity index (χ3v) is 5.21. The lowest BCUT2D eigenvalue weighted by molar-refractivity contribution is 0.0700. The van der Waals surface area contributed by atoms with Gasteiger partial charge in [0.1, 0.15) is 18.5 Å². The van der Waals surface area contributed by atoms with Crippen molar-refractivity contribution in [3.8, 4) is 5.75 Å². The molecule has 4 rings (SSSR count). The first-order valence-corrected chi connectivity index (χ1v) is 9.90. The number of benzene rings is 2.